The highest BCUT2D eigenvalue weighted by Gasteiger charge is 2.21. The van der Waals surface area contributed by atoms with E-state index in [1.165, 1.54) is 0 Å². The van der Waals surface area contributed by atoms with Crippen molar-refractivity contribution < 1.29 is 13.6 Å². The quantitative estimate of drug-likeness (QED) is 0.488. The molecule has 1 aliphatic heterocycles. The molecule has 0 aromatic rings. The van der Waals surface area contributed by atoms with Gasteiger partial charge in [0.2, 0.25) is 0 Å². The number of hydrazine groups is 1. The Hall–Kier alpha value is -1.19. The number of nitrogens with zero attached hydrogens (tertiary/aromatic N) is 4. The first-order chi connectivity index (χ1) is 5.02. The molecule has 1 rings (SSSR count). The molecule has 62 valence electrons. The second-order valence-electron chi connectivity index (χ2n) is 1.57. The van der Waals surface area contributed by atoms with Crippen molar-refractivity contribution in [2.75, 3.05) is 0 Å². The van der Waals surface area contributed by atoms with Crippen LogP contribution in [0.2, 0.25) is 0 Å². The summed E-state index contributed by atoms with van der Waals surface area (Å²) in [5.74, 6) is 0. The van der Waals surface area contributed by atoms with Crippen molar-refractivity contribution in [3.63, 3.8) is 0 Å². The molecule has 8 nitrogen and oxygen atoms in total. The first-order valence-electron chi connectivity index (χ1n) is 2.40. The van der Waals surface area contributed by atoms with Gasteiger partial charge in [-0.25, -0.2) is 5.14 Å². The average Bonchev–Trinajstić information content (AvgIpc) is 1.86. The summed E-state index contributed by atoms with van der Waals surface area (Å²) in [6, 6.07) is 0. The van der Waals surface area contributed by atoms with Gasteiger partial charge in [-0.2, -0.15) is 8.42 Å². The average molecular weight is 179 g/mol. The third kappa shape index (κ3) is 1.63. The maximum atomic E-state index is 10.5. The van der Waals surface area contributed by atoms with Gasteiger partial charge in [-0.3, -0.25) is 5.21 Å². The van der Waals surface area contributed by atoms with Gasteiger partial charge in [0, 0.05) is 0 Å². The Labute approximate surface area is 62.3 Å². The molecule has 9 heteroatoms. The largest absolute Gasteiger partial charge is 0.335 e. The fourth-order valence-electron chi connectivity index (χ4n) is 0.434. The molecule has 0 aliphatic carbocycles. The zero-order valence-corrected chi connectivity index (χ0v) is 6.01. The van der Waals surface area contributed by atoms with E-state index in [2.05, 4.69) is 15.3 Å². The molecule has 0 aromatic heterocycles. The summed E-state index contributed by atoms with van der Waals surface area (Å²) in [7, 11) is -4.08. The Morgan fingerprint density at radius 2 is 1.91 bits per heavy atom. The summed E-state index contributed by atoms with van der Waals surface area (Å²) in [6.45, 7) is 0. The van der Waals surface area contributed by atoms with E-state index in [-0.39, 0.29) is 9.80 Å². The molecule has 11 heavy (non-hydrogen) atoms. The maximum Gasteiger partial charge on any atom is 0.335 e. The van der Waals surface area contributed by atoms with Gasteiger partial charge in [-0.15, -0.1) is 10.2 Å². The molecule has 0 amide bonds. The van der Waals surface area contributed by atoms with Gasteiger partial charge in [-0.1, -0.05) is 0 Å². The Morgan fingerprint density at radius 1 is 1.36 bits per heavy atom. The predicted molar refractivity (Wildman–Crippen MR) is 35.6 cm³/mol. The van der Waals surface area contributed by atoms with E-state index in [0.29, 0.717) is 0 Å². The smallest absolute Gasteiger partial charge is 0.250 e. The van der Waals surface area contributed by atoms with Crippen LogP contribution in [0.5, 0.6) is 0 Å². The number of hydrazone groups is 2. The van der Waals surface area contributed by atoms with Crippen molar-refractivity contribution in [1.29, 1.82) is 0 Å². The zero-order chi connectivity index (χ0) is 8.48. The standard InChI is InChI=1S/C2H5N5O3S/c3-11(9,10)7-5-2-1-4-6(7)8/h1-2,8H,(H2,3,9,10). The number of hydrogen-bond acceptors (Lipinski definition) is 6. The molecule has 1 aliphatic rings. The Balaban J connectivity index is 2.91. The van der Waals surface area contributed by atoms with E-state index >= 15 is 0 Å². The van der Waals surface area contributed by atoms with Crippen LogP contribution >= 0.6 is 0 Å². The van der Waals surface area contributed by atoms with Crippen LogP contribution < -0.4 is 5.14 Å². The summed E-state index contributed by atoms with van der Waals surface area (Å²) in [5, 5.41) is 19.7. The number of rotatable bonds is 1. The second kappa shape index (κ2) is 2.45. The lowest BCUT2D eigenvalue weighted by Gasteiger charge is -2.21. The molecule has 0 saturated carbocycles. The minimum absolute atomic E-state index is 0.00926. The van der Waals surface area contributed by atoms with Gasteiger partial charge in [0.25, 0.3) is 0 Å². The van der Waals surface area contributed by atoms with Crippen LogP contribution in [0.4, 0.5) is 0 Å². The molecule has 0 unspecified atom stereocenters. The highest BCUT2D eigenvalue weighted by Crippen LogP contribution is 2.01. The monoisotopic (exact) mass is 179 g/mol. The molecule has 0 bridgehead atoms. The molecule has 0 fully saturated rings. The van der Waals surface area contributed by atoms with E-state index in [4.69, 9.17) is 5.21 Å². The van der Waals surface area contributed by atoms with E-state index in [1.54, 1.807) is 0 Å². The number of hydrogen-bond donors (Lipinski definition) is 2. The summed E-state index contributed by atoms with van der Waals surface area (Å²) >= 11 is 0. The molecule has 3 N–H and O–H groups in total. The summed E-state index contributed by atoms with van der Waals surface area (Å²) in [4.78, 5) is 0. The van der Waals surface area contributed by atoms with Gasteiger partial charge >= 0.3 is 10.2 Å². The molecular weight excluding hydrogens is 174 g/mol. The Bertz CT molecular complexity index is 293. The summed E-state index contributed by atoms with van der Waals surface area (Å²) in [6.07, 6.45) is 2.17. The molecule has 0 aromatic carbocycles. The summed E-state index contributed by atoms with van der Waals surface area (Å²) < 4.78 is 21.2. The van der Waals surface area contributed by atoms with Crippen molar-refractivity contribution in [3.8, 4) is 0 Å². The molecule has 1 heterocycles. The van der Waals surface area contributed by atoms with Gasteiger partial charge in [-0.05, 0) is 9.80 Å². The minimum atomic E-state index is -4.08. The van der Waals surface area contributed by atoms with Crippen molar-refractivity contribution in [2.45, 2.75) is 0 Å². The van der Waals surface area contributed by atoms with Crippen LogP contribution in [0.15, 0.2) is 10.2 Å². The second-order valence-corrected chi connectivity index (χ2v) is 2.92. The fourth-order valence-corrected chi connectivity index (χ4v) is 0.866. The number of nitrogens with two attached hydrogens (primary N) is 1. The molecule has 0 radical (unpaired) electrons. The first kappa shape index (κ1) is 7.91. The lowest BCUT2D eigenvalue weighted by atomic mass is 10.8. The van der Waals surface area contributed by atoms with Crippen LogP contribution in [-0.4, -0.2) is 35.9 Å². The Morgan fingerprint density at radius 3 is 2.27 bits per heavy atom. The molecule has 0 atom stereocenters. The van der Waals surface area contributed by atoms with Crippen LogP contribution in [0, 0.1) is 0 Å². The van der Waals surface area contributed by atoms with Gasteiger partial charge in [0.1, 0.15) is 0 Å². The van der Waals surface area contributed by atoms with Crippen LogP contribution in [-0.2, 0) is 10.2 Å². The minimum Gasteiger partial charge on any atom is -0.250 e. The molecular formula is C2H5N5O3S. The maximum absolute atomic E-state index is 10.5. The highest BCUT2D eigenvalue weighted by molar-refractivity contribution is 7.86. The highest BCUT2D eigenvalue weighted by atomic mass is 32.2. The van der Waals surface area contributed by atoms with E-state index < -0.39 is 10.2 Å². The van der Waals surface area contributed by atoms with Gasteiger partial charge in [0.05, 0.1) is 12.4 Å². The third-order valence-corrected chi connectivity index (χ3v) is 1.48. The van der Waals surface area contributed by atoms with E-state index in [9.17, 15) is 8.42 Å². The van der Waals surface area contributed by atoms with Crippen LogP contribution in [0.1, 0.15) is 0 Å². The van der Waals surface area contributed by atoms with Gasteiger partial charge < -0.3 is 0 Å². The van der Waals surface area contributed by atoms with Crippen LogP contribution in [0.25, 0.3) is 0 Å². The SMILES string of the molecule is NS(=O)(=O)N1N=CC=NN1O. The summed E-state index contributed by atoms with van der Waals surface area (Å²) in [5.41, 5.74) is 0. The first-order valence-corrected chi connectivity index (χ1v) is 3.90. The van der Waals surface area contributed by atoms with E-state index in [0.717, 1.165) is 12.4 Å². The fraction of sp³-hybridized carbons (Fsp3) is 0. The zero-order valence-electron chi connectivity index (χ0n) is 5.19. The van der Waals surface area contributed by atoms with Crippen LogP contribution in [0.3, 0.4) is 0 Å². The van der Waals surface area contributed by atoms with E-state index in [1.807, 2.05) is 0 Å². The topological polar surface area (TPSA) is 112 Å². The van der Waals surface area contributed by atoms with Crippen molar-refractivity contribution in [3.05, 3.63) is 0 Å². The Kier molecular flexibility index (Phi) is 1.76. The molecule has 0 saturated heterocycles. The lowest BCUT2D eigenvalue weighted by molar-refractivity contribution is -0.204. The third-order valence-electron chi connectivity index (χ3n) is 0.783. The van der Waals surface area contributed by atoms with Crippen molar-refractivity contribution in [2.24, 2.45) is 15.3 Å². The predicted octanol–water partition coefficient (Wildman–Crippen LogP) is -1.92. The molecule has 0 spiro atoms. The van der Waals surface area contributed by atoms with Gasteiger partial charge in [0.15, 0.2) is 0 Å². The van der Waals surface area contributed by atoms with Crippen molar-refractivity contribution in [1.82, 2.24) is 9.80 Å². The lowest BCUT2D eigenvalue weighted by Crippen LogP contribution is -2.43. The van der Waals surface area contributed by atoms with Crippen molar-refractivity contribution >= 4 is 22.6 Å². The normalized spacial score (nSPS) is 17.6.